The van der Waals surface area contributed by atoms with E-state index in [0.29, 0.717) is 5.95 Å². The molecule has 0 bridgehead atoms. The fourth-order valence-corrected chi connectivity index (χ4v) is 4.97. The Labute approximate surface area is 187 Å². The van der Waals surface area contributed by atoms with E-state index in [1.165, 1.54) is 5.69 Å². The first kappa shape index (κ1) is 19.9. The van der Waals surface area contributed by atoms with Gasteiger partial charge in [0.1, 0.15) is 0 Å². The van der Waals surface area contributed by atoms with Crippen LogP contribution in [0.3, 0.4) is 0 Å². The second-order valence-electron chi connectivity index (χ2n) is 7.83. The summed E-state index contributed by atoms with van der Waals surface area (Å²) in [6, 6.07) is 16.9. The minimum atomic E-state index is 0.610. The lowest BCUT2D eigenvalue weighted by atomic mass is 10.1. The van der Waals surface area contributed by atoms with Crippen LogP contribution in [0.2, 0.25) is 0 Å². The lowest BCUT2D eigenvalue weighted by Crippen LogP contribution is -2.44. The summed E-state index contributed by atoms with van der Waals surface area (Å²) in [5.74, 6) is 0.610. The highest BCUT2D eigenvalue weighted by molar-refractivity contribution is 8.00. The van der Waals surface area contributed by atoms with Crippen LogP contribution >= 0.6 is 11.9 Å². The molecule has 2 aromatic carbocycles. The molecule has 158 valence electrons. The van der Waals surface area contributed by atoms with Crippen molar-refractivity contribution in [3.8, 4) is 11.3 Å². The van der Waals surface area contributed by atoms with Crippen LogP contribution in [0.25, 0.3) is 11.3 Å². The average molecular weight is 431 g/mol. The number of likely N-dealkylation sites (N-methyl/N-ethyl adjacent to an activating group) is 1. The Kier molecular flexibility index (Phi) is 5.53. The van der Waals surface area contributed by atoms with Crippen molar-refractivity contribution < 1.29 is 0 Å². The Bertz CT molecular complexity index is 1080. The van der Waals surface area contributed by atoms with Crippen LogP contribution < -0.4 is 14.5 Å². The molecule has 0 radical (unpaired) electrons. The van der Waals surface area contributed by atoms with Crippen molar-refractivity contribution in [3.63, 3.8) is 0 Å². The number of rotatable bonds is 5. The number of hydrogen-bond donors (Lipinski definition) is 1. The highest BCUT2D eigenvalue weighted by atomic mass is 32.2. The Hall–Kier alpha value is -3.03. The van der Waals surface area contributed by atoms with Crippen LogP contribution in [-0.4, -0.2) is 54.6 Å². The molecule has 2 aliphatic rings. The maximum atomic E-state index is 4.85. The Morgan fingerprint density at radius 1 is 1.06 bits per heavy atom. The zero-order valence-electron chi connectivity index (χ0n) is 17.7. The topological polar surface area (TPSA) is 47.5 Å². The van der Waals surface area contributed by atoms with E-state index in [1.54, 1.807) is 11.9 Å². The molecule has 3 aromatic rings. The third-order valence-electron chi connectivity index (χ3n) is 5.68. The number of nitrogens with one attached hydrogen (secondary N) is 1. The molecule has 5 rings (SSSR count). The molecule has 3 heterocycles. The summed E-state index contributed by atoms with van der Waals surface area (Å²) < 4.78 is 2.22. The molecular formula is C24H26N6S. The summed E-state index contributed by atoms with van der Waals surface area (Å²) >= 11 is 1.66. The van der Waals surface area contributed by atoms with Crippen molar-refractivity contribution in [1.29, 1.82) is 0 Å². The van der Waals surface area contributed by atoms with Crippen molar-refractivity contribution in [1.82, 2.24) is 14.9 Å². The first-order valence-electron chi connectivity index (χ1n) is 10.5. The van der Waals surface area contributed by atoms with Gasteiger partial charge in [-0.1, -0.05) is 24.3 Å². The molecule has 0 spiro atoms. The van der Waals surface area contributed by atoms with E-state index in [9.17, 15) is 0 Å². The van der Waals surface area contributed by atoms with Crippen molar-refractivity contribution in [3.05, 3.63) is 67.4 Å². The molecule has 1 N–H and O–H groups in total. The maximum absolute atomic E-state index is 4.85. The van der Waals surface area contributed by atoms with Gasteiger partial charge in [0.05, 0.1) is 16.3 Å². The van der Waals surface area contributed by atoms with Gasteiger partial charge in [-0.3, -0.25) is 0 Å². The molecule has 31 heavy (non-hydrogen) atoms. The van der Waals surface area contributed by atoms with E-state index in [1.807, 2.05) is 12.3 Å². The molecular weight excluding hydrogens is 404 g/mol. The van der Waals surface area contributed by atoms with Crippen LogP contribution in [-0.2, 0) is 0 Å². The Morgan fingerprint density at radius 2 is 1.84 bits per heavy atom. The number of piperazine rings is 1. The lowest BCUT2D eigenvalue weighted by molar-refractivity contribution is 0.313. The molecule has 6 nitrogen and oxygen atoms in total. The first-order valence-corrected chi connectivity index (χ1v) is 11.3. The largest absolute Gasteiger partial charge is 0.369 e. The summed E-state index contributed by atoms with van der Waals surface area (Å²) in [6.07, 6.45) is 3.82. The summed E-state index contributed by atoms with van der Waals surface area (Å²) in [4.78, 5) is 15.3. The molecule has 0 amide bonds. The zero-order valence-corrected chi connectivity index (χ0v) is 18.5. The van der Waals surface area contributed by atoms with Crippen LogP contribution in [0.5, 0.6) is 0 Å². The van der Waals surface area contributed by atoms with E-state index < -0.39 is 0 Å². The second kappa shape index (κ2) is 8.61. The summed E-state index contributed by atoms with van der Waals surface area (Å²) in [5.41, 5.74) is 5.49. The maximum Gasteiger partial charge on any atom is 0.227 e. The normalized spacial score (nSPS) is 15.9. The van der Waals surface area contributed by atoms with Gasteiger partial charge in [0.15, 0.2) is 0 Å². The standard InChI is InChI=1S/C24H26N6S/c1-3-12-30-21-7-5-4-6-20(21)23-22(31-30)17-25-24(27-23)26-18-8-10-19(11-9-18)29-15-13-28(2)14-16-29/h3-11,17H,1,12-16H2,2H3,(H,25,26,27). The molecule has 2 aliphatic heterocycles. The Morgan fingerprint density at radius 3 is 2.61 bits per heavy atom. The molecule has 0 aliphatic carbocycles. The molecule has 1 fully saturated rings. The van der Waals surface area contributed by atoms with Gasteiger partial charge in [0.2, 0.25) is 5.95 Å². The number of benzene rings is 2. The predicted octanol–water partition coefficient (Wildman–Crippen LogP) is 4.65. The minimum Gasteiger partial charge on any atom is -0.369 e. The predicted molar refractivity (Wildman–Crippen MR) is 130 cm³/mol. The molecule has 1 aromatic heterocycles. The van der Waals surface area contributed by atoms with Crippen molar-refractivity contribution >= 4 is 35.0 Å². The molecule has 7 heteroatoms. The lowest BCUT2D eigenvalue weighted by Gasteiger charge is -2.34. The van der Waals surface area contributed by atoms with Crippen molar-refractivity contribution in [2.24, 2.45) is 0 Å². The fraction of sp³-hybridized carbons (Fsp3) is 0.250. The number of para-hydroxylation sites is 1. The fourth-order valence-electron chi connectivity index (χ4n) is 3.95. The van der Waals surface area contributed by atoms with Crippen LogP contribution in [0.1, 0.15) is 0 Å². The third kappa shape index (κ3) is 4.11. The number of fused-ring (bicyclic) bond motifs is 3. The molecule has 0 saturated carbocycles. The Balaban J connectivity index is 1.36. The van der Waals surface area contributed by atoms with Gasteiger partial charge in [0.25, 0.3) is 0 Å². The quantitative estimate of drug-likeness (QED) is 0.467. The number of hydrogen-bond acceptors (Lipinski definition) is 7. The molecule has 1 saturated heterocycles. The van der Waals surface area contributed by atoms with Gasteiger partial charge in [-0.05, 0) is 49.3 Å². The molecule has 0 unspecified atom stereocenters. The van der Waals surface area contributed by atoms with Crippen LogP contribution in [0.15, 0.2) is 72.3 Å². The molecule has 0 atom stereocenters. The zero-order chi connectivity index (χ0) is 21.2. The van der Waals surface area contributed by atoms with Gasteiger partial charge in [0, 0.05) is 55.9 Å². The van der Waals surface area contributed by atoms with Crippen LogP contribution in [0.4, 0.5) is 23.0 Å². The minimum absolute atomic E-state index is 0.610. The van der Waals surface area contributed by atoms with Crippen molar-refractivity contribution in [2.45, 2.75) is 4.90 Å². The highest BCUT2D eigenvalue weighted by Gasteiger charge is 2.24. The van der Waals surface area contributed by atoms with Gasteiger partial charge in [-0.15, -0.1) is 6.58 Å². The van der Waals surface area contributed by atoms with Crippen LogP contribution in [0, 0.1) is 0 Å². The van der Waals surface area contributed by atoms with E-state index in [2.05, 4.69) is 86.6 Å². The SMILES string of the molecule is C=CCN1Sc2cnc(Nc3ccc(N4CCN(C)CC4)cc3)nc2-c2ccccc21. The monoisotopic (exact) mass is 430 g/mol. The summed E-state index contributed by atoms with van der Waals surface area (Å²) in [6.45, 7) is 8.99. The van der Waals surface area contributed by atoms with Crippen molar-refractivity contribution in [2.75, 3.05) is 54.3 Å². The van der Waals surface area contributed by atoms with Gasteiger partial charge < -0.3 is 19.4 Å². The first-order chi connectivity index (χ1) is 15.2. The second-order valence-corrected chi connectivity index (χ2v) is 8.89. The smallest absolute Gasteiger partial charge is 0.227 e. The number of aromatic nitrogens is 2. The summed E-state index contributed by atoms with van der Waals surface area (Å²) in [5, 5.41) is 3.37. The van der Waals surface area contributed by atoms with E-state index >= 15 is 0 Å². The van der Waals surface area contributed by atoms with Gasteiger partial charge in [-0.2, -0.15) is 0 Å². The van der Waals surface area contributed by atoms with E-state index in [4.69, 9.17) is 4.98 Å². The summed E-state index contributed by atoms with van der Waals surface area (Å²) in [7, 11) is 2.18. The van der Waals surface area contributed by atoms with E-state index in [0.717, 1.165) is 60.3 Å². The average Bonchev–Trinajstić information content (AvgIpc) is 2.81. The number of anilines is 4. The third-order valence-corrected chi connectivity index (χ3v) is 6.74. The van der Waals surface area contributed by atoms with E-state index in [-0.39, 0.29) is 0 Å². The highest BCUT2D eigenvalue weighted by Crippen LogP contribution is 2.45. The van der Waals surface area contributed by atoms with Gasteiger partial charge in [-0.25, -0.2) is 9.97 Å². The van der Waals surface area contributed by atoms with Gasteiger partial charge >= 0.3 is 0 Å². The number of nitrogens with zero attached hydrogens (tertiary/aromatic N) is 5.